The van der Waals surface area contributed by atoms with Crippen molar-refractivity contribution >= 4 is 0 Å². The molecule has 0 spiro atoms. The summed E-state index contributed by atoms with van der Waals surface area (Å²) >= 11 is 0. The van der Waals surface area contributed by atoms with Crippen molar-refractivity contribution in [3.63, 3.8) is 0 Å². The van der Waals surface area contributed by atoms with Gasteiger partial charge in [0.25, 0.3) is 0 Å². The Morgan fingerprint density at radius 1 is 1.33 bits per heavy atom. The Bertz CT molecular complexity index is 44.8. The van der Waals surface area contributed by atoms with E-state index in [1.165, 1.54) is 0 Å². The second kappa shape index (κ2) is 1.18. The molecule has 1 aliphatic rings. The van der Waals surface area contributed by atoms with Crippen molar-refractivity contribution in [3.8, 4) is 0 Å². The summed E-state index contributed by atoms with van der Waals surface area (Å²) in [4.78, 5) is 0. The van der Waals surface area contributed by atoms with Gasteiger partial charge in [-0.2, -0.15) is 0 Å². The van der Waals surface area contributed by atoms with Gasteiger partial charge in [-0.15, -0.1) is 0 Å². The molecule has 0 saturated carbocycles. The van der Waals surface area contributed by atoms with Crippen LogP contribution in [0, 0.1) is 0 Å². The largest absolute Gasteiger partial charge is 0.378 e. The molecule has 1 rings (SSSR count). The minimum absolute atomic E-state index is 0.458. The summed E-state index contributed by atoms with van der Waals surface area (Å²) in [5.74, 6) is 0. The highest BCUT2D eigenvalue weighted by Gasteiger charge is 2.22. The van der Waals surface area contributed by atoms with E-state index in [1.54, 1.807) is 0 Å². The predicted molar refractivity (Wildman–Crippen MR) is 19.8 cm³/mol. The number of aliphatic hydroxyl groups excluding tert-OH is 2. The van der Waals surface area contributed by atoms with Crippen LogP contribution in [0.1, 0.15) is 6.42 Å². The molecule has 2 atom stereocenters. The zero-order valence-electron chi connectivity index (χ0n) is 3.26. The Morgan fingerprint density at radius 2 is 1.67 bits per heavy atom. The molecule has 1 saturated heterocycles. The van der Waals surface area contributed by atoms with Crippen LogP contribution in [-0.4, -0.2) is 22.7 Å². The van der Waals surface area contributed by atoms with Gasteiger partial charge in [-0.05, 0) is 0 Å². The average molecular weight is 89.1 g/mol. The van der Waals surface area contributed by atoms with Crippen molar-refractivity contribution in [1.82, 2.24) is 5.32 Å². The Morgan fingerprint density at radius 3 is 1.67 bits per heavy atom. The van der Waals surface area contributed by atoms with E-state index in [4.69, 9.17) is 10.2 Å². The topological polar surface area (TPSA) is 52.5 Å². The minimum atomic E-state index is -0.458. The molecule has 0 aromatic rings. The fourth-order valence-corrected chi connectivity index (χ4v) is 0.409. The molecule has 0 bridgehead atoms. The summed E-state index contributed by atoms with van der Waals surface area (Å²) in [6.45, 7) is 0. The molecule has 0 aromatic heterocycles. The first kappa shape index (κ1) is 4.05. The van der Waals surface area contributed by atoms with E-state index in [9.17, 15) is 0 Å². The normalized spacial score (nSPS) is 45.0. The van der Waals surface area contributed by atoms with Crippen LogP contribution in [0.5, 0.6) is 0 Å². The van der Waals surface area contributed by atoms with E-state index >= 15 is 0 Å². The first-order valence-corrected chi connectivity index (χ1v) is 1.91. The third-order valence-corrected chi connectivity index (χ3v) is 0.831. The fraction of sp³-hybridized carbons (Fsp3) is 1.00. The van der Waals surface area contributed by atoms with Crippen LogP contribution in [-0.2, 0) is 0 Å². The van der Waals surface area contributed by atoms with Crippen molar-refractivity contribution in [2.75, 3.05) is 0 Å². The third-order valence-electron chi connectivity index (χ3n) is 0.831. The molecule has 0 radical (unpaired) electrons. The summed E-state index contributed by atoms with van der Waals surface area (Å²) in [5.41, 5.74) is 0. The van der Waals surface area contributed by atoms with Crippen molar-refractivity contribution in [1.29, 1.82) is 0 Å². The van der Waals surface area contributed by atoms with E-state index in [-0.39, 0.29) is 0 Å². The maximum Gasteiger partial charge on any atom is 0.110 e. The molecule has 3 heteroatoms. The summed E-state index contributed by atoms with van der Waals surface area (Å²) in [5, 5.41) is 19.1. The Hall–Kier alpha value is -0.120. The quantitative estimate of drug-likeness (QED) is 0.342. The summed E-state index contributed by atoms with van der Waals surface area (Å²) in [7, 11) is 0. The molecule has 0 unspecified atom stereocenters. The monoisotopic (exact) mass is 89.0 g/mol. The molecule has 1 aliphatic heterocycles. The van der Waals surface area contributed by atoms with Crippen molar-refractivity contribution in [3.05, 3.63) is 0 Å². The molecule has 36 valence electrons. The Kier molecular flexibility index (Phi) is 0.799. The van der Waals surface area contributed by atoms with Gasteiger partial charge in [0.2, 0.25) is 0 Å². The van der Waals surface area contributed by atoms with Crippen LogP contribution in [0.15, 0.2) is 0 Å². The highest BCUT2D eigenvalue weighted by molar-refractivity contribution is 4.70. The van der Waals surface area contributed by atoms with Gasteiger partial charge in [0.05, 0.1) is 0 Å². The molecule has 1 heterocycles. The van der Waals surface area contributed by atoms with Gasteiger partial charge in [-0.25, -0.2) is 0 Å². The second-order valence-corrected chi connectivity index (χ2v) is 1.43. The third kappa shape index (κ3) is 0.518. The molecule has 0 amide bonds. The second-order valence-electron chi connectivity index (χ2n) is 1.43. The standard InChI is InChI=1S/C3H7NO2/c5-2-1-3(6)4-2/h2-6H,1H2/t2-,3-/m0/s1. The average Bonchev–Trinajstić information content (AvgIpc) is 1.33. The van der Waals surface area contributed by atoms with Crippen LogP contribution < -0.4 is 5.32 Å². The van der Waals surface area contributed by atoms with Gasteiger partial charge in [0.1, 0.15) is 12.5 Å². The number of hydrogen-bond donors (Lipinski definition) is 3. The molecule has 3 nitrogen and oxygen atoms in total. The zero-order chi connectivity index (χ0) is 4.57. The summed E-state index contributed by atoms with van der Waals surface area (Å²) < 4.78 is 0. The number of nitrogens with one attached hydrogen (secondary N) is 1. The van der Waals surface area contributed by atoms with Crippen LogP contribution in [0.3, 0.4) is 0 Å². The maximum atomic E-state index is 8.35. The van der Waals surface area contributed by atoms with E-state index < -0.39 is 12.5 Å². The van der Waals surface area contributed by atoms with Gasteiger partial charge in [0.15, 0.2) is 0 Å². The van der Waals surface area contributed by atoms with Crippen molar-refractivity contribution in [2.24, 2.45) is 0 Å². The predicted octanol–water partition coefficient (Wildman–Crippen LogP) is -1.38. The zero-order valence-corrected chi connectivity index (χ0v) is 3.26. The molecule has 6 heavy (non-hydrogen) atoms. The van der Waals surface area contributed by atoms with E-state index in [0.29, 0.717) is 6.42 Å². The van der Waals surface area contributed by atoms with E-state index in [2.05, 4.69) is 5.32 Å². The lowest BCUT2D eigenvalue weighted by Gasteiger charge is -2.28. The molecule has 1 fully saturated rings. The Labute approximate surface area is 35.6 Å². The maximum absolute atomic E-state index is 8.35. The van der Waals surface area contributed by atoms with Gasteiger partial charge in [-0.1, -0.05) is 0 Å². The van der Waals surface area contributed by atoms with E-state index in [1.807, 2.05) is 0 Å². The van der Waals surface area contributed by atoms with Crippen LogP contribution in [0.2, 0.25) is 0 Å². The van der Waals surface area contributed by atoms with E-state index in [0.717, 1.165) is 0 Å². The molecule has 0 aromatic carbocycles. The SMILES string of the molecule is O[C@H]1C[C@H](O)N1. The lowest BCUT2D eigenvalue weighted by Crippen LogP contribution is -2.51. The lowest BCUT2D eigenvalue weighted by molar-refractivity contribution is -0.0640. The number of aliphatic hydroxyl groups is 2. The van der Waals surface area contributed by atoms with Crippen LogP contribution in [0.25, 0.3) is 0 Å². The molecule has 3 N–H and O–H groups in total. The van der Waals surface area contributed by atoms with Gasteiger partial charge in [-0.3, -0.25) is 5.32 Å². The molecule has 0 aliphatic carbocycles. The van der Waals surface area contributed by atoms with Gasteiger partial charge < -0.3 is 10.2 Å². The Balaban J connectivity index is 2.11. The smallest absolute Gasteiger partial charge is 0.110 e. The van der Waals surface area contributed by atoms with Gasteiger partial charge >= 0.3 is 0 Å². The molecular weight excluding hydrogens is 82.0 g/mol. The number of hydrogen-bond acceptors (Lipinski definition) is 3. The highest BCUT2D eigenvalue weighted by Crippen LogP contribution is 2.03. The fourth-order valence-electron chi connectivity index (χ4n) is 0.409. The summed E-state index contributed by atoms with van der Waals surface area (Å²) in [6, 6.07) is 0. The minimum Gasteiger partial charge on any atom is -0.378 e. The first-order valence-electron chi connectivity index (χ1n) is 1.91. The highest BCUT2D eigenvalue weighted by atomic mass is 16.3. The number of rotatable bonds is 0. The van der Waals surface area contributed by atoms with Crippen LogP contribution >= 0.6 is 0 Å². The summed E-state index contributed by atoms with van der Waals surface area (Å²) in [6.07, 6.45) is -0.444. The molecular formula is C3H7NO2. The van der Waals surface area contributed by atoms with Crippen LogP contribution in [0.4, 0.5) is 0 Å². The van der Waals surface area contributed by atoms with Gasteiger partial charge in [0, 0.05) is 6.42 Å². The van der Waals surface area contributed by atoms with Crippen molar-refractivity contribution < 1.29 is 10.2 Å². The van der Waals surface area contributed by atoms with Crippen molar-refractivity contribution in [2.45, 2.75) is 18.9 Å². The lowest BCUT2D eigenvalue weighted by atomic mass is 10.2. The first-order chi connectivity index (χ1) is 2.79.